The third-order valence-corrected chi connectivity index (χ3v) is 2.67. The van der Waals surface area contributed by atoms with E-state index in [1.165, 1.54) is 0 Å². The van der Waals surface area contributed by atoms with Crippen molar-refractivity contribution >= 4 is 23.2 Å². The van der Waals surface area contributed by atoms with Crippen LogP contribution in [0.1, 0.15) is 13.3 Å². The van der Waals surface area contributed by atoms with Crippen LogP contribution in [-0.4, -0.2) is 18.0 Å². The molecule has 3 heteroatoms. The molecule has 2 unspecified atom stereocenters. The first-order chi connectivity index (χ1) is 4.26. The van der Waals surface area contributed by atoms with Gasteiger partial charge < -0.3 is 0 Å². The first kappa shape index (κ1) is 9.34. The van der Waals surface area contributed by atoms with Gasteiger partial charge in [-0.25, -0.2) is 0 Å². The van der Waals surface area contributed by atoms with Crippen LogP contribution in [0.2, 0.25) is 0 Å². The van der Waals surface area contributed by atoms with Gasteiger partial charge in [-0.05, 0) is 0 Å². The maximum absolute atomic E-state index is 5.60. The standard InChI is InChI=1S/C6H11NP2/c1-3-6(9-2)5(7)4-8/h5-6H,2-3,7H2,1H3. The Hall–Kier alpha value is 0.340. The van der Waals surface area contributed by atoms with Crippen LogP contribution in [0.4, 0.5) is 0 Å². The van der Waals surface area contributed by atoms with Crippen LogP contribution in [0.5, 0.6) is 0 Å². The van der Waals surface area contributed by atoms with E-state index in [9.17, 15) is 0 Å². The number of hydrogen-bond donors (Lipinski definition) is 1. The molecule has 0 aliphatic heterocycles. The molecule has 0 saturated heterocycles. The number of nitrogens with two attached hydrogens (primary N) is 1. The van der Waals surface area contributed by atoms with Crippen molar-refractivity contribution in [3.05, 3.63) is 0 Å². The van der Waals surface area contributed by atoms with Crippen molar-refractivity contribution < 1.29 is 0 Å². The average Bonchev–Trinajstić information content (AvgIpc) is 1.90. The zero-order valence-corrected chi connectivity index (χ0v) is 7.33. The summed E-state index contributed by atoms with van der Waals surface area (Å²) in [6, 6.07) is -0.0301. The predicted octanol–water partition coefficient (Wildman–Crippen LogP) is 1.84. The van der Waals surface area contributed by atoms with Gasteiger partial charge >= 0.3 is 59.6 Å². The summed E-state index contributed by atoms with van der Waals surface area (Å²) >= 11 is 0. The molecule has 0 spiro atoms. The monoisotopic (exact) mass is 159 g/mol. The summed E-state index contributed by atoms with van der Waals surface area (Å²) in [6.07, 6.45) is 4.79. The third kappa shape index (κ3) is 3.14. The summed E-state index contributed by atoms with van der Waals surface area (Å²) < 4.78 is 0. The molecule has 1 nitrogen and oxygen atoms in total. The van der Waals surface area contributed by atoms with E-state index in [2.05, 4.69) is 27.5 Å². The fraction of sp³-hybridized carbons (Fsp3) is 0.667. The van der Waals surface area contributed by atoms with E-state index >= 15 is 0 Å². The van der Waals surface area contributed by atoms with E-state index in [4.69, 9.17) is 5.73 Å². The van der Waals surface area contributed by atoms with Gasteiger partial charge in [0.1, 0.15) is 0 Å². The molecule has 0 fully saturated rings. The van der Waals surface area contributed by atoms with E-state index in [0.717, 1.165) is 14.6 Å². The molecular weight excluding hydrogens is 148 g/mol. The Morgan fingerprint density at radius 3 is 2.56 bits per heavy atom. The molecule has 0 radical (unpaired) electrons. The van der Waals surface area contributed by atoms with Crippen LogP contribution in [-0.2, 0) is 0 Å². The summed E-state index contributed by atoms with van der Waals surface area (Å²) in [6.45, 7) is 2.09. The molecule has 0 saturated carbocycles. The molecule has 0 amide bonds. The summed E-state index contributed by atoms with van der Waals surface area (Å²) in [5, 5.41) is 0. The van der Waals surface area contributed by atoms with Crippen LogP contribution >= 0.6 is 16.9 Å². The second-order valence-corrected chi connectivity index (χ2v) is 3.10. The molecule has 2 N–H and O–H groups in total. The average molecular weight is 159 g/mol. The van der Waals surface area contributed by atoms with Crippen molar-refractivity contribution in [1.82, 2.24) is 0 Å². The Balaban J connectivity index is 3.82. The Kier molecular flexibility index (Phi) is 5.35. The molecule has 0 aliphatic rings. The SMILES string of the molecule is C=PC(CC)C(N)C#P. The maximum atomic E-state index is 5.60. The topological polar surface area (TPSA) is 26.0 Å². The van der Waals surface area contributed by atoms with Crippen molar-refractivity contribution in [2.24, 2.45) is 5.73 Å². The van der Waals surface area contributed by atoms with E-state index in [1.807, 2.05) is 0 Å². The van der Waals surface area contributed by atoms with Crippen LogP contribution < -0.4 is 5.73 Å². The van der Waals surface area contributed by atoms with Crippen LogP contribution in [0, 0.1) is 5.63 Å². The normalized spacial score (nSPS) is 16.6. The molecule has 50 valence electrons. The Bertz CT molecular complexity index is 128. The molecule has 0 aromatic carbocycles. The summed E-state index contributed by atoms with van der Waals surface area (Å²) in [7, 11) is 4.94. The molecule has 0 aromatic rings. The predicted molar refractivity (Wildman–Crippen MR) is 46.9 cm³/mol. The first-order valence-corrected chi connectivity index (χ1v) is 4.46. The molecule has 0 rings (SSSR count). The summed E-state index contributed by atoms with van der Waals surface area (Å²) in [5.41, 5.74) is 8.71. The first-order valence-electron chi connectivity index (χ1n) is 2.87. The minimum absolute atomic E-state index is 0.0301. The fourth-order valence-corrected chi connectivity index (χ4v) is 1.44. The van der Waals surface area contributed by atoms with Gasteiger partial charge in [-0.1, -0.05) is 0 Å². The third-order valence-electron chi connectivity index (χ3n) is 1.22. The molecule has 0 aliphatic carbocycles. The van der Waals surface area contributed by atoms with Gasteiger partial charge in [0, 0.05) is 0 Å². The van der Waals surface area contributed by atoms with Gasteiger partial charge in [0.05, 0.1) is 0 Å². The van der Waals surface area contributed by atoms with Crippen molar-refractivity contribution in [1.29, 1.82) is 0 Å². The van der Waals surface area contributed by atoms with Gasteiger partial charge in [0.25, 0.3) is 0 Å². The van der Waals surface area contributed by atoms with Gasteiger partial charge in [-0.15, -0.1) is 0 Å². The zero-order chi connectivity index (χ0) is 7.28. The van der Waals surface area contributed by atoms with Crippen LogP contribution in [0.3, 0.4) is 0 Å². The van der Waals surface area contributed by atoms with Crippen molar-refractivity contribution in [2.75, 3.05) is 0 Å². The van der Waals surface area contributed by atoms with Crippen LogP contribution in [0.25, 0.3) is 0 Å². The molecule has 2 atom stereocenters. The van der Waals surface area contributed by atoms with Gasteiger partial charge in [0.2, 0.25) is 0 Å². The Labute approximate surface area is 60.3 Å². The summed E-state index contributed by atoms with van der Waals surface area (Å²) in [4.78, 5) is 0. The Morgan fingerprint density at radius 1 is 1.89 bits per heavy atom. The van der Waals surface area contributed by atoms with Gasteiger partial charge in [0.15, 0.2) is 0 Å². The van der Waals surface area contributed by atoms with Gasteiger partial charge in [-0.2, -0.15) is 0 Å². The fourth-order valence-electron chi connectivity index (χ4n) is 0.583. The van der Waals surface area contributed by atoms with E-state index in [0.29, 0.717) is 5.66 Å². The van der Waals surface area contributed by atoms with E-state index < -0.39 is 0 Å². The zero-order valence-electron chi connectivity index (χ0n) is 5.54. The van der Waals surface area contributed by atoms with Crippen molar-refractivity contribution in [3.8, 4) is 5.63 Å². The molecule has 9 heavy (non-hydrogen) atoms. The second kappa shape index (κ2) is 5.15. The molecule has 0 bridgehead atoms. The Morgan fingerprint density at radius 2 is 2.44 bits per heavy atom. The second-order valence-electron chi connectivity index (χ2n) is 1.81. The number of hydrogen-bond acceptors (Lipinski definition) is 1. The molecule has 0 heterocycles. The van der Waals surface area contributed by atoms with E-state index in [1.54, 1.807) is 0 Å². The van der Waals surface area contributed by atoms with Crippen molar-refractivity contribution in [2.45, 2.75) is 25.0 Å². The van der Waals surface area contributed by atoms with E-state index in [-0.39, 0.29) is 6.04 Å². The van der Waals surface area contributed by atoms with Crippen molar-refractivity contribution in [3.63, 3.8) is 0 Å². The molecular formula is C6H11NP2. The molecule has 0 aromatic heterocycles. The quantitative estimate of drug-likeness (QED) is 0.624. The van der Waals surface area contributed by atoms with Gasteiger partial charge in [-0.3, -0.25) is 0 Å². The minimum atomic E-state index is -0.0301. The van der Waals surface area contributed by atoms with Crippen LogP contribution in [0.15, 0.2) is 0 Å². The summed E-state index contributed by atoms with van der Waals surface area (Å²) in [5.74, 6) is 0. The number of rotatable bonds is 3.